The van der Waals surface area contributed by atoms with Crippen LogP contribution >= 0.6 is 0 Å². The number of para-hydroxylation sites is 1. The van der Waals surface area contributed by atoms with Gasteiger partial charge in [0.15, 0.2) is 23.4 Å². The molecule has 4 aliphatic rings. The third-order valence-corrected chi connectivity index (χ3v) is 10.5. The Bertz CT molecular complexity index is 2420. The molecule has 3 unspecified atom stereocenters. The van der Waals surface area contributed by atoms with Crippen LogP contribution in [0.15, 0.2) is 75.8 Å². The number of aliphatic hydroxyl groups is 1. The highest BCUT2D eigenvalue weighted by atomic mass is 16.5. The molecule has 6 aromatic rings. The number of carbonyl (C=O) groups is 2. The summed E-state index contributed by atoms with van der Waals surface area (Å²) in [5.41, 5.74) is 6.61. The largest absolute Gasteiger partial charge is 0.469 e. The van der Waals surface area contributed by atoms with Gasteiger partial charge in [-0.25, -0.2) is 9.97 Å². The number of hydrogen-bond acceptors (Lipinski definition) is 9. The number of aliphatic hydroxyl groups excluding tert-OH is 1. The maximum absolute atomic E-state index is 14.0. The number of anilines is 1. The van der Waals surface area contributed by atoms with Crippen LogP contribution in [0.3, 0.4) is 0 Å². The smallest absolute Gasteiger partial charge is 0.249 e. The second kappa shape index (κ2) is 10.1. The summed E-state index contributed by atoms with van der Waals surface area (Å²) in [6.07, 6.45) is 1.88. The van der Waals surface area contributed by atoms with Gasteiger partial charge in [0.05, 0.1) is 6.20 Å². The summed E-state index contributed by atoms with van der Waals surface area (Å²) in [6, 6.07) is 16.6. The summed E-state index contributed by atoms with van der Waals surface area (Å²) in [4.78, 5) is 40.0. The number of carbonyl (C=O) groups excluding carboxylic acids is 2. The highest BCUT2D eigenvalue weighted by Crippen LogP contribution is 2.61. The fourth-order valence-corrected chi connectivity index (χ4v) is 8.15. The second-order valence-corrected chi connectivity index (χ2v) is 13.9. The number of ether oxygens (including phenoxy) is 1. The molecule has 12 heteroatoms. The van der Waals surface area contributed by atoms with Crippen LogP contribution in [0.25, 0.3) is 44.9 Å². The zero-order valence-electron chi connectivity index (χ0n) is 27.3. The molecule has 0 saturated carbocycles. The van der Waals surface area contributed by atoms with E-state index < -0.39 is 41.6 Å². The third-order valence-electron chi connectivity index (χ3n) is 10.5. The average molecular weight is 669 g/mol. The molecule has 1 spiro atoms. The Labute approximate surface area is 285 Å². The van der Waals surface area contributed by atoms with Crippen molar-refractivity contribution in [1.82, 2.24) is 25.6 Å². The van der Waals surface area contributed by atoms with Crippen LogP contribution in [0.1, 0.15) is 55.2 Å². The van der Waals surface area contributed by atoms with E-state index in [1.807, 2.05) is 50.4 Å². The van der Waals surface area contributed by atoms with Crippen molar-refractivity contribution >= 4 is 28.4 Å². The molecule has 3 aromatic carbocycles. The van der Waals surface area contributed by atoms with E-state index in [1.54, 1.807) is 6.20 Å². The van der Waals surface area contributed by atoms with Crippen LogP contribution in [0.2, 0.25) is 0 Å². The van der Waals surface area contributed by atoms with E-state index in [4.69, 9.17) is 23.5 Å². The SMILES string of the molecule is CC(C)[C@@H]1NC(=O)C(NC(=O)[C@H](C)O)Cc2ccc3c(c2)C24c5cccc(c5NC2O3)-c2cccc3[nH]cc(c23)-c2cnc(o2)-c2nc1oc24. The second-order valence-electron chi connectivity index (χ2n) is 13.9. The van der Waals surface area contributed by atoms with E-state index in [2.05, 4.69) is 45.2 Å². The summed E-state index contributed by atoms with van der Waals surface area (Å²) in [7, 11) is 0. The Kier molecular flexibility index (Phi) is 5.86. The van der Waals surface area contributed by atoms with Crippen LogP contribution in [0.4, 0.5) is 5.69 Å². The van der Waals surface area contributed by atoms with Crippen LogP contribution in [-0.4, -0.2) is 50.2 Å². The fraction of sp³-hybridized carbons (Fsp3) is 0.263. The van der Waals surface area contributed by atoms with Crippen molar-refractivity contribution in [2.45, 2.75) is 57.0 Å². The lowest BCUT2D eigenvalue weighted by Gasteiger charge is -2.29. The number of nitrogens with one attached hydrogen (secondary N) is 4. The van der Waals surface area contributed by atoms with Gasteiger partial charge in [-0.3, -0.25) is 9.59 Å². The maximum Gasteiger partial charge on any atom is 0.249 e. The van der Waals surface area contributed by atoms with E-state index >= 15 is 0 Å². The molecule has 12 nitrogen and oxygen atoms in total. The average Bonchev–Trinajstić information content (AvgIpc) is 3.92. The number of nitrogens with zero attached hydrogens (tertiary/aromatic N) is 2. The fourth-order valence-electron chi connectivity index (χ4n) is 8.15. The molecular formula is C38H32N6O6. The Hall–Kier alpha value is -5.88. The number of hydrogen-bond donors (Lipinski definition) is 5. The Morgan fingerprint density at radius 2 is 1.86 bits per heavy atom. The monoisotopic (exact) mass is 668 g/mol. The summed E-state index contributed by atoms with van der Waals surface area (Å²) in [5, 5.41) is 20.6. The molecule has 7 heterocycles. The summed E-state index contributed by atoms with van der Waals surface area (Å²) in [5.74, 6) is 0.993. The first-order valence-electron chi connectivity index (χ1n) is 16.8. The molecule has 0 fully saturated rings. The van der Waals surface area contributed by atoms with E-state index in [1.165, 1.54) is 6.92 Å². The molecule has 0 aliphatic carbocycles. The van der Waals surface area contributed by atoms with Crippen molar-refractivity contribution in [1.29, 1.82) is 0 Å². The number of oxazole rings is 2. The number of amides is 2. The molecule has 5 N–H and O–H groups in total. The van der Waals surface area contributed by atoms with Gasteiger partial charge in [0.25, 0.3) is 0 Å². The first-order chi connectivity index (χ1) is 24.2. The van der Waals surface area contributed by atoms with Gasteiger partial charge in [-0.15, -0.1) is 0 Å². The minimum absolute atomic E-state index is 0.165. The van der Waals surface area contributed by atoms with Crippen LogP contribution in [0.5, 0.6) is 5.75 Å². The van der Waals surface area contributed by atoms with Gasteiger partial charge >= 0.3 is 0 Å². The van der Waals surface area contributed by atoms with Crippen molar-refractivity contribution in [2.75, 3.05) is 5.32 Å². The molecule has 0 saturated heterocycles. The van der Waals surface area contributed by atoms with E-state index in [0.717, 1.165) is 50.0 Å². The first kappa shape index (κ1) is 29.1. The topological polar surface area (TPSA) is 168 Å². The predicted molar refractivity (Wildman–Crippen MR) is 182 cm³/mol. The number of H-pyrrole nitrogens is 1. The Balaban J connectivity index is 1.31. The predicted octanol–water partition coefficient (Wildman–Crippen LogP) is 5.17. The maximum atomic E-state index is 14.0. The molecule has 4 aliphatic heterocycles. The van der Waals surface area contributed by atoms with Gasteiger partial charge in [0, 0.05) is 51.5 Å². The van der Waals surface area contributed by atoms with Crippen molar-refractivity contribution < 1.29 is 28.3 Å². The van der Waals surface area contributed by atoms with Gasteiger partial charge in [0.1, 0.15) is 29.4 Å². The molecule has 10 bridgehead atoms. The molecule has 0 radical (unpaired) electrons. The number of benzene rings is 3. The summed E-state index contributed by atoms with van der Waals surface area (Å²) in [6.45, 7) is 5.29. The first-order valence-corrected chi connectivity index (χ1v) is 16.8. The number of aromatic amines is 1. The molecule has 250 valence electrons. The zero-order chi connectivity index (χ0) is 34.1. The third kappa shape index (κ3) is 3.79. The molecule has 10 rings (SSSR count). The van der Waals surface area contributed by atoms with Crippen molar-refractivity contribution in [3.8, 4) is 39.8 Å². The molecule has 50 heavy (non-hydrogen) atoms. The summed E-state index contributed by atoms with van der Waals surface area (Å²) >= 11 is 0. The van der Waals surface area contributed by atoms with E-state index in [-0.39, 0.29) is 24.1 Å². The van der Waals surface area contributed by atoms with Crippen molar-refractivity contribution in [3.63, 3.8) is 0 Å². The minimum Gasteiger partial charge on any atom is -0.469 e. The highest BCUT2D eigenvalue weighted by molar-refractivity contribution is 6.07. The Morgan fingerprint density at radius 1 is 1.02 bits per heavy atom. The van der Waals surface area contributed by atoms with Crippen molar-refractivity contribution in [3.05, 3.63) is 95.3 Å². The van der Waals surface area contributed by atoms with Crippen LogP contribution in [-0.2, 0) is 21.4 Å². The van der Waals surface area contributed by atoms with Gasteiger partial charge in [-0.1, -0.05) is 56.3 Å². The van der Waals surface area contributed by atoms with Crippen LogP contribution < -0.4 is 20.7 Å². The van der Waals surface area contributed by atoms with E-state index in [9.17, 15) is 14.7 Å². The molecular weight excluding hydrogens is 636 g/mol. The Morgan fingerprint density at radius 3 is 2.70 bits per heavy atom. The zero-order valence-corrected chi connectivity index (χ0v) is 27.3. The molecule has 3 aromatic heterocycles. The van der Waals surface area contributed by atoms with Gasteiger partial charge in [-0.05, 0) is 36.1 Å². The van der Waals surface area contributed by atoms with Gasteiger partial charge in [0.2, 0.25) is 23.6 Å². The standard InChI is InChI=1S/C38H32N6O6/c1-16(2)29-36-43-31-32(50-36)38-22-8-4-7-20(19-6-5-9-24-28(19)21(14-39-24)27-15-40-35(31)48-27)30(22)44-37(38)49-26-11-10-18(12-23(26)38)13-25(34(47)42-29)41-33(46)17(3)45/h4-12,14-17,25,29,37,39,44-45H,13H2,1-3H3,(H,41,46)(H,42,47)/t17-,25?,29-,37?,38?/m0/s1. The lowest BCUT2D eigenvalue weighted by molar-refractivity contribution is -0.133. The number of rotatable bonds is 3. The molecule has 2 amide bonds. The number of aromatic nitrogens is 3. The molecule has 5 atom stereocenters. The van der Waals surface area contributed by atoms with E-state index in [0.29, 0.717) is 23.0 Å². The lowest BCUT2D eigenvalue weighted by atomic mass is 9.72. The quantitative estimate of drug-likeness (QED) is 0.171. The lowest BCUT2D eigenvalue weighted by Crippen LogP contribution is -2.51. The van der Waals surface area contributed by atoms with Crippen LogP contribution in [0, 0.1) is 5.92 Å². The highest BCUT2D eigenvalue weighted by Gasteiger charge is 2.61. The minimum atomic E-state index is -1.30. The van der Waals surface area contributed by atoms with Crippen molar-refractivity contribution in [2.24, 2.45) is 5.92 Å². The van der Waals surface area contributed by atoms with Gasteiger partial charge < -0.3 is 39.6 Å². The number of fused-ring (bicyclic) bond motifs is 7. The van der Waals surface area contributed by atoms with Gasteiger partial charge in [-0.2, -0.15) is 0 Å². The summed E-state index contributed by atoms with van der Waals surface area (Å²) < 4.78 is 20.3. The normalized spacial score (nSPS) is 22.9.